The zero-order valence-corrected chi connectivity index (χ0v) is 14.5. The lowest BCUT2D eigenvalue weighted by atomic mass is 10.1. The Kier molecular flexibility index (Phi) is 8.86. The van der Waals surface area contributed by atoms with E-state index in [0.29, 0.717) is 0 Å². The maximum atomic E-state index is 6.01. The third kappa shape index (κ3) is 6.71. The van der Waals surface area contributed by atoms with Crippen molar-refractivity contribution in [1.82, 2.24) is 10.3 Å². The summed E-state index contributed by atoms with van der Waals surface area (Å²) in [5.74, 6) is 0.761. The molecular formula is C16H27BrN2O. The molecule has 1 unspecified atom stereocenters. The molecule has 1 heterocycles. The largest absolute Gasteiger partial charge is 0.474 e. The van der Waals surface area contributed by atoms with Gasteiger partial charge in [0.1, 0.15) is 0 Å². The van der Waals surface area contributed by atoms with Crippen LogP contribution in [0.2, 0.25) is 0 Å². The first-order valence-electron chi connectivity index (χ1n) is 7.69. The van der Waals surface area contributed by atoms with Crippen LogP contribution in [0, 0.1) is 0 Å². The lowest BCUT2D eigenvalue weighted by Gasteiger charge is -2.17. The average molecular weight is 343 g/mol. The van der Waals surface area contributed by atoms with Crippen molar-refractivity contribution in [2.24, 2.45) is 0 Å². The lowest BCUT2D eigenvalue weighted by molar-refractivity contribution is 0.195. The monoisotopic (exact) mass is 342 g/mol. The van der Waals surface area contributed by atoms with Gasteiger partial charge in [0.05, 0.1) is 6.10 Å². The summed E-state index contributed by atoms with van der Waals surface area (Å²) in [6.45, 7) is 8.20. The molecule has 3 nitrogen and oxygen atoms in total. The molecule has 0 radical (unpaired) electrons. The Morgan fingerprint density at radius 2 is 2.10 bits per heavy atom. The Balaban J connectivity index is 2.52. The summed E-state index contributed by atoms with van der Waals surface area (Å²) in [7, 11) is 0. The predicted octanol–water partition coefficient (Wildman–Crippen LogP) is 4.69. The Hall–Kier alpha value is -0.610. The average Bonchev–Trinajstić information content (AvgIpc) is 2.44. The smallest absolute Gasteiger partial charge is 0.218 e. The number of nitrogens with zero attached hydrogens (tertiary/aromatic N) is 1. The van der Waals surface area contributed by atoms with Crippen molar-refractivity contribution in [1.29, 1.82) is 0 Å². The van der Waals surface area contributed by atoms with Crippen molar-refractivity contribution in [3.8, 4) is 5.88 Å². The van der Waals surface area contributed by atoms with Crippen LogP contribution in [0.4, 0.5) is 0 Å². The third-order valence-corrected chi connectivity index (χ3v) is 3.67. The molecule has 0 aliphatic carbocycles. The fourth-order valence-electron chi connectivity index (χ4n) is 2.07. The topological polar surface area (TPSA) is 34.1 Å². The highest BCUT2D eigenvalue weighted by atomic mass is 79.9. The molecule has 4 heteroatoms. The molecule has 0 amide bonds. The molecule has 114 valence electrons. The molecular weight excluding hydrogens is 316 g/mol. The van der Waals surface area contributed by atoms with Gasteiger partial charge in [-0.15, -0.1) is 0 Å². The van der Waals surface area contributed by atoms with E-state index in [9.17, 15) is 0 Å². The van der Waals surface area contributed by atoms with Gasteiger partial charge >= 0.3 is 0 Å². The van der Waals surface area contributed by atoms with Gasteiger partial charge in [-0.3, -0.25) is 0 Å². The van der Waals surface area contributed by atoms with E-state index < -0.39 is 0 Å². The zero-order valence-electron chi connectivity index (χ0n) is 12.9. The van der Waals surface area contributed by atoms with E-state index >= 15 is 0 Å². The Bertz CT molecular complexity index is 385. The number of halogens is 1. The van der Waals surface area contributed by atoms with Crippen molar-refractivity contribution in [3.63, 3.8) is 0 Å². The Morgan fingerprint density at radius 1 is 1.30 bits per heavy atom. The summed E-state index contributed by atoms with van der Waals surface area (Å²) >= 11 is 3.47. The van der Waals surface area contributed by atoms with Gasteiger partial charge in [-0.2, -0.15) is 0 Å². The minimum atomic E-state index is 0.223. The summed E-state index contributed by atoms with van der Waals surface area (Å²) in [6, 6.07) is 2.08. The Labute approximate surface area is 131 Å². The normalized spacial score (nSPS) is 12.4. The Morgan fingerprint density at radius 3 is 2.80 bits per heavy atom. The highest BCUT2D eigenvalue weighted by Crippen LogP contribution is 2.22. The lowest BCUT2D eigenvalue weighted by Crippen LogP contribution is -2.17. The number of ether oxygens (including phenoxy) is 1. The van der Waals surface area contributed by atoms with Gasteiger partial charge in [0.25, 0.3) is 0 Å². The number of hydrogen-bond donors (Lipinski definition) is 1. The minimum Gasteiger partial charge on any atom is -0.474 e. The molecule has 0 aliphatic rings. The highest BCUT2D eigenvalue weighted by molar-refractivity contribution is 9.10. The van der Waals surface area contributed by atoms with E-state index in [1.165, 1.54) is 25.7 Å². The molecule has 1 rings (SSSR count). The molecule has 0 aliphatic heterocycles. The molecule has 0 spiro atoms. The van der Waals surface area contributed by atoms with E-state index in [2.05, 4.69) is 53.1 Å². The van der Waals surface area contributed by atoms with Crippen LogP contribution in [-0.4, -0.2) is 17.6 Å². The van der Waals surface area contributed by atoms with Crippen molar-refractivity contribution in [2.45, 2.75) is 65.5 Å². The summed E-state index contributed by atoms with van der Waals surface area (Å²) < 4.78 is 7.00. The predicted molar refractivity (Wildman–Crippen MR) is 88.2 cm³/mol. The zero-order chi connectivity index (χ0) is 14.8. The van der Waals surface area contributed by atoms with Crippen LogP contribution in [0.15, 0.2) is 16.7 Å². The van der Waals surface area contributed by atoms with E-state index in [1.807, 2.05) is 0 Å². The van der Waals surface area contributed by atoms with Crippen molar-refractivity contribution in [3.05, 3.63) is 22.3 Å². The van der Waals surface area contributed by atoms with E-state index in [1.54, 1.807) is 6.20 Å². The molecule has 1 aromatic rings. The molecule has 0 saturated carbocycles. The summed E-state index contributed by atoms with van der Waals surface area (Å²) in [5, 5.41) is 3.32. The maximum Gasteiger partial charge on any atom is 0.218 e. The maximum absolute atomic E-state index is 6.01. The van der Waals surface area contributed by atoms with Crippen LogP contribution in [0.5, 0.6) is 5.88 Å². The molecule has 0 aromatic carbocycles. The minimum absolute atomic E-state index is 0.223. The van der Waals surface area contributed by atoms with Gasteiger partial charge < -0.3 is 10.1 Å². The van der Waals surface area contributed by atoms with Crippen LogP contribution in [0.1, 0.15) is 58.4 Å². The quantitative estimate of drug-likeness (QED) is 0.626. The first kappa shape index (κ1) is 17.4. The fraction of sp³-hybridized carbons (Fsp3) is 0.688. The number of rotatable bonds is 10. The number of nitrogens with one attached hydrogen (secondary N) is 1. The summed E-state index contributed by atoms with van der Waals surface area (Å²) in [5.41, 5.74) is 1.11. The second kappa shape index (κ2) is 10.2. The van der Waals surface area contributed by atoms with Gasteiger partial charge in [-0.25, -0.2) is 4.98 Å². The second-order valence-corrected chi connectivity index (χ2v) is 6.09. The van der Waals surface area contributed by atoms with Crippen LogP contribution in [0.3, 0.4) is 0 Å². The second-order valence-electron chi connectivity index (χ2n) is 5.18. The number of aromatic nitrogens is 1. The number of pyridine rings is 1. The fourth-order valence-corrected chi connectivity index (χ4v) is 2.45. The number of hydrogen-bond acceptors (Lipinski definition) is 3. The first-order valence-corrected chi connectivity index (χ1v) is 8.48. The van der Waals surface area contributed by atoms with E-state index in [0.717, 1.165) is 35.4 Å². The SMILES string of the molecule is CCCCCCC(C)Oc1ncc(Br)cc1CNCC. The van der Waals surface area contributed by atoms with Crippen LogP contribution >= 0.6 is 15.9 Å². The first-order chi connectivity index (χ1) is 9.67. The third-order valence-electron chi connectivity index (χ3n) is 3.23. The van der Waals surface area contributed by atoms with Crippen molar-refractivity contribution >= 4 is 15.9 Å². The molecule has 1 aromatic heterocycles. The molecule has 20 heavy (non-hydrogen) atoms. The molecule has 0 fully saturated rings. The van der Waals surface area contributed by atoms with Gasteiger partial charge in [-0.05, 0) is 48.3 Å². The van der Waals surface area contributed by atoms with Gasteiger partial charge in [0, 0.05) is 22.8 Å². The van der Waals surface area contributed by atoms with Crippen molar-refractivity contribution in [2.75, 3.05) is 6.54 Å². The highest BCUT2D eigenvalue weighted by Gasteiger charge is 2.10. The molecule has 0 saturated heterocycles. The van der Waals surface area contributed by atoms with Gasteiger partial charge in [0.15, 0.2) is 0 Å². The van der Waals surface area contributed by atoms with Crippen LogP contribution < -0.4 is 10.1 Å². The molecule has 1 N–H and O–H groups in total. The number of unbranched alkanes of at least 4 members (excludes halogenated alkanes) is 3. The summed E-state index contributed by atoms with van der Waals surface area (Å²) in [4.78, 5) is 4.41. The van der Waals surface area contributed by atoms with Crippen LogP contribution in [-0.2, 0) is 6.54 Å². The van der Waals surface area contributed by atoms with Crippen molar-refractivity contribution < 1.29 is 4.74 Å². The van der Waals surface area contributed by atoms with Crippen LogP contribution in [0.25, 0.3) is 0 Å². The molecule has 0 bridgehead atoms. The van der Waals surface area contributed by atoms with Gasteiger partial charge in [0.2, 0.25) is 5.88 Å². The van der Waals surface area contributed by atoms with Gasteiger partial charge in [-0.1, -0.05) is 33.1 Å². The standard InChI is InChI=1S/C16H27BrN2O/c1-4-6-7-8-9-13(3)20-16-14(11-18-5-2)10-15(17)12-19-16/h10,12-13,18H,4-9,11H2,1-3H3. The van der Waals surface area contributed by atoms with E-state index in [-0.39, 0.29) is 6.10 Å². The molecule has 1 atom stereocenters. The summed E-state index contributed by atoms with van der Waals surface area (Å²) in [6.07, 6.45) is 8.23. The van der Waals surface area contributed by atoms with E-state index in [4.69, 9.17) is 4.74 Å².